The van der Waals surface area contributed by atoms with E-state index < -0.39 is 11.6 Å². The first kappa shape index (κ1) is 27.0. The van der Waals surface area contributed by atoms with Gasteiger partial charge >= 0.3 is 0 Å². The van der Waals surface area contributed by atoms with Gasteiger partial charge in [0.2, 0.25) is 5.91 Å². The minimum Gasteiger partial charge on any atom is -0.495 e. The number of methoxy groups -OCH3 is 2. The predicted octanol–water partition coefficient (Wildman–Crippen LogP) is 5.92. The number of aromatic nitrogens is 2. The van der Waals surface area contributed by atoms with Crippen LogP contribution in [0.5, 0.6) is 11.5 Å². The van der Waals surface area contributed by atoms with Crippen LogP contribution in [-0.4, -0.2) is 54.6 Å². The molecule has 1 aliphatic rings. The lowest BCUT2D eigenvalue weighted by Gasteiger charge is -2.16. The molecule has 2 N–H and O–H groups in total. The molecule has 206 valence electrons. The molecule has 5 rings (SSSR count). The van der Waals surface area contributed by atoms with Gasteiger partial charge in [-0.25, -0.2) is 18.7 Å². The van der Waals surface area contributed by atoms with E-state index in [9.17, 15) is 13.6 Å². The topological polar surface area (TPSA) is 88.6 Å². The average Bonchev–Trinajstić information content (AvgIpc) is 3.36. The molecule has 0 unspecified atom stereocenters. The van der Waals surface area contributed by atoms with E-state index in [1.54, 1.807) is 36.4 Å². The van der Waals surface area contributed by atoms with Crippen molar-refractivity contribution in [3.8, 4) is 22.6 Å². The van der Waals surface area contributed by atoms with Gasteiger partial charge in [-0.05, 0) is 62.3 Å². The smallest absolute Gasteiger partial charge is 0.248 e. The van der Waals surface area contributed by atoms with Crippen LogP contribution in [0.1, 0.15) is 12.8 Å². The van der Waals surface area contributed by atoms with E-state index in [4.69, 9.17) is 9.47 Å². The zero-order chi connectivity index (χ0) is 28.2. The monoisotopic (exact) mass is 545 g/mol. The number of amides is 1. The maximum Gasteiger partial charge on any atom is 0.248 e. The molecule has 1 aliphatic heterocycles. The third kappa shape index (κ3) is 5.72. The van der Waals surface area contributed by atoms with E-state index in [-0.39, 0.29) is 17.5 Å². The Kier molecular flexibility index (Phi) is 7.88. The number of hydrogen-bond donors (Lipinski definition) is 2. The lowest BCUT2D eigenvalue weighted by Crippen LogP contribution is -2.23. The highest BCUT2D eigenvalue weighted by atomic mass is 19.1. The summed E-state index contributed by atoms with van der Waals surface area (Å²) < 4.78 is 39.0. The van der Waals surface area contributed by atoms with Crippen molar-refractivity contribution in [2.24, 2.45) is 0 Å². The Morgan fingerprint density at radius 1 is 1.02 bits per heavy atom. The van der Waals surface area contributed by atoms with Gasteiger partial charge in [0.1, 0.15) is 35.3 Å². The molecule has 4 aromatic rings. The van der Waals surface area contributed by atoms with Gasteiger partial charge in [-0.15, -0.1) is 0 Å². The van der Waals surface area contributed by atoms with Crippen molar-refractivity contribution in [2.45, 2.75) is 18.9 Å². The first-order valence-corrected chi connectivity index (χ1v) is 12.8. The fourth-order valence-electron chi connectivity index (χ4n) is 4.83. The molecule has 10 heteroatoms. The second kappa shape index (κ2) is 11.7. The van der Waals surface area contributed by atoms with Gasteiger partial charge in [0.25, 0.3) is 0 Å². The molecule has 1 saturated heterocycles. The fraction of sp³-hybridized carbons (Fsp3) is 0.233. The number of anilines is 3. The summed E-state index contributed by atoms with van der Waals surface area (Å²) in [7, 11) is 5.08. The molecule has 0 radical (unpaired) electrons. The van der Waals surface area contributed by atoms with Crippen LogP contribution >= 0.6 is 0 Å². The van der Waals surface area contributed by atoms with Gasteiger partial charge in [-0.1, -0.05) is 12.1 Å². The zero-order valence-electron chi connectivity index (χ0n) is 22.4. The average molecular weight is 546 g/mol. The van der Waals surface area contributed by atoms with Crippen LogP contribution in [0.2, 0.25) is 0 Å². The number of benzene rings is 3. The Bertz CT molecular complexity index is 1590. The Labute approximate surface area is 230 Å². The molecule has 1 fully saturated rings. The summed E-state index contributed by atoms with van der Waals surface area (Å²) in [6, 6.07) is 12.2. The summed E-state index contributed by atoms with van der Waals surface area (Å²) in [5.41, 5.74) is 2.31. The van der Waals surface area contributed by atoms with Crippen molar-refractivity contribution in [2.75, 3.05) is 38.4 Å². The highest BCUT2D eigenvalue weighted by Crippen LogP contribution is 2.37. The molecule has 1 amide bonds. The first-order chi connectivity index (χ1) is 19.4. The minimum absolute atomic E-state index is 0.239. The summed E-state index contributed by atoms with van der Waals surface area (Å²) in [4.78, 5) is 23.7. The number of carbonyl (C=O) groups is 1. The highest BCUT2D eigenvalue weighted by molar-refractivity contribution is 6.03. The van der Waals surface area contributed by atoms with E-state index in [1.807, 2.05) is 13.1 Å². The second-order valence-electron chi connectivity index (χ2n) is 9.49. The van der Waals surface area contributed by atoms with Crippen LogP contribution in [0.3, 0.4) is 0 Å². The molecular formula is C30H29F2N5O3. The molecule has 0 aliphatic carbocycles. The second-order valence-corrected chi connectivity index (χ2v) is 9.49. The van der Waals surface area contributed by atoms with Crippen molar-refractivity contribution in [3.05, 3.63) is 78.6 Å². The molecular weight excluding hydrogens is 516 g/mol. The number of fused-ring (bicyclic) bond motifs is 1. The molecule has 0 spiro atoms. The maximum absolute atomic E-state index is 14.5. The van der Waals surface area contributed by atoms with E-state index in [2.05, 4.69) is 25.5 Å². The molecule has 1 aromatic heterocycles. The number of likely N-dealkylation sites (tertiary alicyclic amines) is 1. The zero-order valence-corrected chi connectivity index (χ0v) is 22.4. The quantitative estimate of drug-likeness (QED) is 0.266. The van der Waals surface area contributed by atoms with Crippen molar-refractivity contribution >= 4 is 34.0 Å². The standard InChI is InChI=1S/C30H29F2N5O3/c1-37-12-4-5-20(37)8-11-29(38)35-26-15-22-24(16-28(26)40-3)33-17-34-30(22)36-25-13-18(6-10-27(25)39-2)21-9-7-19(31)14-23(21)32/h6-11,13-17,20H,4-5,12H2,1-3H3,(H,35,38)(H,33,34,36)/b11-8+/t20-/m1/s1. The Morgan fingerprint density at radius 2 is 1.85 bits per heavy atom. The van der Waals surface area contributed by atoms with E-state index in [1.165, 1.54) is 32.7 Å². The molecule has 0 bridgehead atoms. The van der Waals surface area contributed by atoms with Crippen molar-refractivity contribution < 1.29 is 23.0 Å². The number of nitrogens with one attached hydrogen (secondary N) is 2. The summed E-state index contributed by atoms with van der Waals surface area (Å²) in [6.07, 6.45) is 6.98. The Morgan fingerprint density at radius 3 is 2.58 bits per heavy atom. The van der Waals surface area contributed by atoms with Crippen LogP contribution in [0.15, 0.2) is 67.0 Å². The molecule has 8 nitrogen and oxygen atoms in total. The molecule has 0 saturated carbocycles. The third-order valence-electron chi connectivity index (χ3n) is 6.96. The number of halogens is 2. The van der Waals surface area contributed by atoms with Gasteiger partial charge in [-0.2, -0.15) is 0 Å². The van der Waals surface area contributed by atoms with Gasteiger partial charge < -0.3 is 20.1 Å². The lowest BCUT2D eigenvalue weighted by molar-refractivity contribution is -0.111. The van der Waals surface area contributed by atoms with Crippen LogP contribution in [-0.2, 0) is 4.79 Å². The van der Waals surface area contributed by atoms with Crippen molar-refractivity contribution in [3.63, 3.8) is 0 Å². The molecule has 3 aromatic carbocycles. The van der Waals surface area contributed by atoms with Crippen LogP contribution in [0.4, 0.5) is 26.0 Å². The van der Waals surface area contributed by atoms with E-state index in [0.29, 0.717) is 45.2 Å². The van der Waals surface area contributed by atoms with Gasteiger partial charge in [-0.3, -0.25) is 9.69 Å². The molecule has 2 heterocycles. The van der Waals surface area contributed by atoms with Crippen LogP contribution < -0.4 is 20.1 Å². The summed E-state index contributed by atoms with van der Waals surface area (Å²) in [5, 5.41) is 6.75. The fourth-order valence-corrected chi connectivity index (χ4v) is 4.83. The third-order valence-corrected chi connectivity index (χ3v) is 6.96. The molecule has 40 heavy (non-hydrogen) atoms. The van der Waals surface area contributed by atoms with Crippen LogP contribution in [0, 0.1) is 11.6 Å². The van der Waals surface area contributed by atoms with Gasteiger partial charge in [0.15, 0.2) is 0 Å². The summed E-state index contributed by atoms with van der Waals surface area (Å²) in [5.74, 6) is -0.239. The van der Waals surface area contributed by atoms with Gasteiger partial charge in [0, 0.05) is 35.2 Å². The minimum atomic E-state index is -0.676. The Balaban J connectivity index is 1.48. The molecule has 1 atom stereocenters. The van der Waals surface area contributed by atoms with Crippen LogP contribution in [0.25, 0.3) is 22.0 Å². The van der Waals surface area contributed by atoms with E-state index in [0.717, 1.165) is 25.5 Å². The first-order valence-electron chi connectivity index (χ1n) is 12.8. The lowest BCUT2D eigenvalue weighted by atomic mass is 10.0. The number of rotatable bonds is 8. The number of ether oxygens (including phenoxy) is 2. The summed E-state index contributed by atoms with van der Waals surface area (Å²) >= 11 is 0. The Hall–Kier alpha value is -4.57. The number of hydrogen-bond acceptors (Lipinski definition) is 7. The normalized spacial score (nSPS) is 15.5. The van der Waals surface area contributed by atoms with Crippen molar-refractivity contribution in [1.29, 1.82) is 0 Å². The van der Waals surface area contributed by atoms with Crippen molar-refractivity contribution in [1.82, 2.24) is 14.9 Å². The number of likely N-dealkylation sites (N-methyl/N-ethyl adjacent to an activating group) is 1. The van der Waals surface area contributed by atoms with Gasteiger partial charge in [0.05, 0.1) is 31.1 Å². The largest absolute Gasteiger partial charge is 0.495 e. The number of carbonyl (C=O) groups excluding carboxylic acids is 1. The maximum atomic E-state index is 14.5. The summed E-state index contributed by atoms with van der Waals surface area (Å²) in [6.45, 7) is 1.01. The SMILES string of the molecule is COc1cc2ncnc(Nc3cc(-c4ccc(F)cc4F)ccc3OC)c2cc1NC(=O)/C=C/[C@H]1CCCN1C. The number of nitrogens with zero attached hydrogens (tertiary/aromatic N) is 3. The predicted molar refractivity (Wildman–Crippen MR) is 151 cm³/mol. The van der Waals surface area contributed by atoms with E-state index >= 15 is 0 Å². The highest BCUT2D eigenvalue weighted by Gasteiger charge is 2.19.